The average molecular weight is 287 g/mol. The van der Waals surface area contributed by atoms with Gasteiger partial charge < -0.3 is 0 Å². The van der Waals surface area contributed by atoms with Crippen molar-refractivity contribution in [1.29, 1.82) is 0 Å². The Bertz CT molecular complexity index is 393. The molecule has 0 fully saturated rings. The molecule has 0 spiro atoms. The van der Waals surface area contributed by atoms with E-state index in [1.165, 1.54) is 18.2 Å². The van der Waals surface area contributed by atoms with Crippen LogP contribution in [-0.2, 0) is 0 Å². The highest BCUT2D eigenvalue weighted by atomic mass is 35.5. The van der Waals surface area contributed by atoms with E-state index in [-0.39, 0.29) is 15.6 Å². The van der Waals surface area contributed by atoms with Crippen molar-refractivity contribution < 1.29 is 13.2 Å². The molecule has 0 atom stereocenters. The van der Waals surface area contributed by atoms with Gasteiger partial charge in [0.1, 0.15) is 0 Å². The van der Waals surface area contributed by atoms with Gasteiger partial charge in [-0.15, -0.1) is 11.8 Å². The van der Waals surface area contributed by atoms with Gasteiger partial charge in [-0.2, -0.15) is 13.2 Å². The first-order valence-electron chi connectivity index (χ1n) is 4.11. The Kier molecular flexibility index (Phi) is 4.59. The third-order valence-corrected chi connectivity index (χ3v) is 2.62. The van der Waals surface area contributed by atoms with E-state index < -0.39 is 11.7 Å². The maximum absolute atomic E-state index is 12.7. The summed E-state index contributed by atoms with van der Waals surface area (Å²) in [5.74, 6) is 0. The van der Waals surface area contributed by atoms with Crippen LogP contribution in [0.5, 0.6) is 0 Å². The van der Waals surface area contributed by atoms with Crippen LogP contribution in [0.3, 0.4) is 0 Å². The van der Waals surface area contributed by atoms with Crippen LogP contribution in [0.2, 0.25) is 10.0 Å². The molecule has 1 aromatic carbocycles. The standard InChI is InChI=1S/C10H7Cl2F3S/c1-16-5-9(10(13,14)15)6-2-7(11)4-8(12)3-6/h2-5H,1H3. The van der Waals surface area contributed by atoms with Crippen LogP contribution >= 0.6 is 35.0 Å². The summed E-state index contributed by atoms with van der Waals surface area (Å²) in [5.41, 5.74) is -0.774. The van der Waals surface area contributed by atoms with Crippen LogP contribution in [0, 0.1) is 0 Å². The Hall–Kier alpha value is -0.320. The van der Waals surface area contributed by atoms with Crippen LogP contribution in [0.25, 0.3) is 5.57 Å². The van der Waals surface area contributed by atoms with Gasteiger partial charge in [0.2, 0.25) is 0 Å². The smallest absolute Gasteiger partial charge is 0.166 e. The number of allylic oxidation sites excluding steroid dienone is 1. The first kappa shape index (κ1) is 13.7. The molecule has 0 amide bonds. The maximum Gasteiger partial charge on any atom is 0.417 e. The number of thioether (sulfide) groups is 1. The molecule has 0 radical (unpaired) electrons. The van der Waals surface area contributed by atoms with E-state index in [2.05, 4.69) is 0 Å². The normalized spacial score (nSPS) is 13.0. The molecule has 0 aliphatic rings. The van der Waals surface area contributed by atoms with E-state index in [9.17, 15) is 13.2 Å². The highest BCUT2D eigenvalue weighted by Crippen LogP contribution is 2.37. The van der Waals surface area contributed by atoms with Crippen LogP contribution in [0.4, 0.5) is 13.2 Å². The fourth-order valence-electron chi connectivity index (χ4n) is 1.13. The number of hydrogen-bond acceptors (Lipinski definition) is 1. The Morgan fingerprint density at radius 2 is 1.69 bits per heavy atom. The lowest BCUT2D eigenvalue weighted by molar-refractivity contribution is -0.0687. The second-order valence-electron chi connectivity index (χ2n) is 2.92. The lowest BCUT2D eigenvalue weighted by Crippen LogP contribution is -2.10. The second kappa shape index (κ2) is 5.34. The average Bonchev–Trinajstić information content (AvgIpc) is 2.10. The number of hydrogen-bond donors (Lipinski definition) is 0. The van der Waals surface area contributed by atoms with Crippen molar-refractivity contribution in [1.82, 2.24) is 0 Å². The van der Waals surface area contributed by atoms with E-state index in [1.807, 2.05) is 0 Å². The van der Waals surface area contributed by atoms with Gasteiger partial charge in [0.05, 0.1) is 5.57 Å². The van der Waals surface area contributed by atoms with Gasteiger partial charge in [0, 0.05) is 10.0 Å². The molecule has 0 N–H and O–H groups in total. The summed E-state index contributed by atoms with van der Waals surface area (Å²) in [6, 6.07) is 3.87. The topological polar surface area (TPSA) is 0 Å². The Morgan fingerprint density at radius 1 is 1.19 bits per heavy atom. The molecule has 0 aromatic heterocycles. The lowest BCUT2D eigenvalue weighted by atomic mass is 10.1. The highest BCUT2D eigenvalue weighted by molar-refractivity contribution is 8.01. The van der Waals surface area contributed by atoms with Gasteiger partial charge in [-0.05, 0) is 35.4 Å². The molecule has 0 aliphatic carbocycles. The quantitative estimate of drug-likeness (QED) is 0.715. The third-order valence-electron chi connectivity index (χ3n) is 1.71. The number of halogens is 5. The van der Waals surface area contributed by atoms with Crippen LogP contribution in [0.15, 0.2) is 23.6 Å². The largest absolute Gasteiger partial charge is 0.417 e. The number of rotatable bonds is 2. The summed E-state index contributed by atoms with van der Waals surface area (Å²) in [7, 11) is 0. The predicted molar refractivity (Wildman–Crippen MR) is 64.0 cm³/mol. The fraction of sp³-hybridized carbons (Fsp3) is 0.200. The molecule has 0 saturated heterocycles. The van der Waals surface area contributed by atoms with Crippen molar-refractivity contribution in [2.24, 2.45) is 0 Å². The molecule has 1 aromatic rings. The molecule has 16 heavy (non-hydrogen) atoms. The first-order chi connectivity index (χ1) is 7.34. The fourth-order valence-corrected chi connectivity index (χ4v) is 2.16. The summed E-state index contributed by atoms with van der Waals surface area (Å²) in [5, 5.41) is 1.39. The van der Waals surface area contributed by atoms with Crippen molar-refractivity contribution in [3.8, 4) is 0 Å². The van der Waals surface area contributed by atoms with Gasteiger partial charge in [-0.3, -0.25) is 0 Å². The molecule has 88 valence electrons. The monoisotopic (exact) mass is 286 g/mol. The minimum absolute atomic E-state index is 0.0284. The zero-order chi connectivity index (χ0) is 12.3. The van der Waals surface area contributed by atoms with Crippen LogP contribution in [0.1, 0.15) is 5.56 Å². The maximum atomic E-state index is 12.7. The van der Waals surface area contributed by atoms with Crippen molar-refractivity contribution in [2.75, 3.05) is 6.26 Å². The van der Waals surface area contributed by atoms with Crippen molar-refractivity contribution in [2.45, 2.75) is 6.18 Å². The summed E-state index contributed by atoms with van der Waals surface area (Å²) in [6.45, 7) is 0. The van der Waals surface area contributed by atoms with Crippen LogP contribution < -0.4 is 0 Å². The van der Waals surface area contributed by atoms with E-state index in [4.69, 9.17) is 23.2 Å². The van der Waals surface area contributed by atoms with E-state index in [0.29, 0.717) is 0 Å². The molecule has 0 aliphatic heterocycles. The summed E-state index contributed by atoms with van der Waals surface area (Å²) in [4.78, 5) is 0. The van der Waals surface area contributed by atoms with Crippen molar-refractivity contribution >= 4 is 40.5 Å². The summed E-state index contributed by atoms with van der Waals surface area (Å²) >= 11 is 12.3. The van der Waals surface area contributed by atoms with Gasteiger partial charge in [-0.25, -0.2) is 0 Å². The molecular formula is C10H7Cl2F3S. The minimum atomic E-state index is -4.42. The minimum Gasteiger partial charge on any atom is -0.166 e. The molecule has 0 nitrogen and oxygen atoms in total. The summed E-state index contributed by atoms with van der Waals surface area (Å²) < 4.78 is 38.1. The molecule has 0 saturated carbocycles. The Morgan fingerprint density at radius 3 is 2.06 bits per heavy atom. The summed E-state index contributed by atoms with van der Waals surface area (Å²) in [6.07, 6.45) is -2.87. The van der Waals surface area contributed by atoms with Gasteiger partial charge in [0.15, 0.2) is 0 Å². The number of benzene rings is 1. The molecular weight excluding hydrogens is 280 g/mol. The molecule has 0 unspecified atom stereocenters. The van der Waals surface area contributed by atoms with Crippen molar-refractivity contribution in [3.05, 3.63) is 39.2 Å². The Labute approximate surface area is 105 Å². The van der Waals surface area contributed by atoms with Crippen molar-refractivity contribution in [3.63, 3.8) is 0 Å². The SMILES string of the molecule is CSC=C(c1cc(Cl)cc(Cl)c1)C(F)(F)F. The predicted octanol–water partition coefficient (Wildman–Crippen LogP) is 5.26. The molecule has 0 heterocycles. The van der Waals surface area contributed by atoms with Gasteiger partial charge in [0.25, 0.3) is 0 Å². The van der Waals surface area contributed by atoms with E-state index >= 15 is 0 Å². The number of alkyl halides is 3. The second-order valence-corrected chi connectivity index (χ2v) is 4.50. The van der Waals surface area contributed by atoms with E-state index in [0.717, 1.165) is 17.2 Å². The van der Waals surface area contributed by atoms with Gasteiger partial charge in [-0.1, -0.05) is 23.2 Å². The van der Waals surface area contributed by atoms with E-state index in [1.54, 1.807) is 6.26 Å². The van der Waals surface area contributed by atoms with Crippen LogP contribution in [-0.4, -0.2) is 12.4 Å². The molecule has 1 rings (SSSR count). The zero-order valence-electron chi connectivity index (χ0n) is 8.11. The third kappa shape index (κ3) is 3.61. The van der Waals surface area contributed by atoms with Gasteiger partial charge >= 0.3 is 6.18 Å². The molecule has 6 heteroatoms. The zero-order valence-corrected chi connectivity index (χ0v) is 10.4. The molecule has 0 bridgehead atoms. The first-order valence-corrected chi connectivity index (χ1v) is 6.15. The highest BCUT2D eigenvalue weighted by Gasteiger charge is 2.34. The lowest BCUT2D eigenvalue weighted by Gasteiger charge is -2.12. The Balaban J connectivity index is 3.27.